The fraction of sp³-hybridized carbons (Fsp3) is 0.923. The minimum atomic E-state index is 0.547. The van der Waals surface area contributed by atoms with Gasteiger partial charge in [-0.1, -0.05) is 51.9 Å². The first kappa shape index (κ1) is 15.7. The summed E-state index contributed by atoms with van der Waals surface area (Å²) in [7, 11) is 0. The van der Waals surface area contributed by atoms with Crippen molar-refractivity contribution in [3.63, 3.8) is 0 Å². The lowest BCUT2D eigenvalue weighted by Gasteiger charge is -2.07. The van der Waals surface area contributed by atoms with Gasteiger partial charge in [0.1, 0.15) is 0 Å². The van der Waals surface area contributed by atoms with Gasteiger partial charge >= 0.3 is 0 Å². The fourth-order valence-corrected chi connectivity index (χ4v) is 1.85. The van der Waals surface area contributed by atoms with Crippen molar-refractivity contribution in [2.24, 2.45) is 0 Å². The Hall–Kier alpha value is -0.310. The van der Waals surface area contributed by atoms with Crippen LogP contribution < -0.4 is 5.32 Å². The Kier molecular flexibility index (Phi) is 12.5. The third-order valence-electron chi connectivity index (χ3n) is 2.58. The molecule has 1 N–H and O–H groups in total. The van der Waals surface area contributed by atoms with Gasteiger partial charge in [-0.2, -0.15) is 0 Å². The van der Waals surface area contributed by atoms with E-state index in [9.17, 15) is 0 Å². The number of hydrogen-bond donors (Lipinski definition) is 1. The van der Waals surface area contributed by atoms with Crippen molar-refractivity contribution >= 4 is 17.4 Å². The Bertz CT molecular complexity index is 162. The lowest BCUT2D eigenvalue weighted by atomic mass is 10.1. The van der Waals surface area contributed by atoms with E-state index in [1.165, 1.54) is 51.4 Å². The second-order valence-electron chi connectivity index (χ2n) is 4.12. The molecule has 96 valence electrons. The highest BCUT2D eigenvalue weighted by Crippen LogP contribution is 2.07. The topological polar surface area (TPSA) is 21.3 Å². The lowest BCUT2D eigenvalue weighted by molar-refractivity contribution is 0.320. The molecule has 0 saturated heterocycles. The van der Waals surface area contributed by atoms with E-state index in [0.717, 1.165) is 6.54 Å². The van der Waals surface area contributed by atoms with Gasteiger partial charge in [0.25, 0.3) is 5.17 Å². The minimum absolute atomic E-state index is 0.547. The van der Waals surface area contributed by atoms with Gasteiger partial charge in [0, 0.05) is 6.54 Å². The highest BCUT2D eigenvalue weighted by Gasteiger charge is 1.94. The standard InChI is InChI=1S/C13H27NOS/c1-3-5-6-7-8-9-10-11-12-14-13(16)15-4-2/h3-12H2,1-2H3,(H,14,16). The maximum atomic E-state index is 5.13. The first-order valence-corrected chi connectivity index (χ1v) is 7.12. The Morgan fingerprint density at radius 1 is 0.938 bits per heavy atom. The predicted molar refractivity (Wildman–Crippen MR) is 74.8 cm³/mol. The molecule has 0 aliphatic heterocycles. The predicted octanol–water partition coefficient (Wildman–Crippen LogP) is 4.04. The van der Waals surface area contributed by atoms with Crippen molar-refractivity contribution in [1.29, 1.82) is 0 Å². The third-order valence-corrected chi connectivity index (χ3v) is 2.84. The summed E-state index contributed by atoms with van der Waals surface area (Å²) in [4.78, 5) is 0. The number of thiocarbonyl (C=S) groups is 1. The summed E-state index contributed by atoms with van der Waals surface area (Å²) in [5.41, 5.74) is 0. The molecule has 0 bridgehead atoms. The average molecular weight is 245 g/mol. The molecule has 16 heavy (non-hydrogen) atoms. The maximum Gasteiger partial charge on any atom is 0.256 e. The van der Waals surface area contributed by atoms with Gasteiger partial charge in [0.05, 0.1) is 6.61 Å². The highest BCUT2D eigenvalue weighted by molar-refractivity contribution is 7.80. The molecule has 0 rings (SSSR count). The van der Waals surface area contributed by atoms with E-state index < -0.39 is 0 Å². The maximum absolute atomic E-state index is 5.13. The summed E-state index contributed by atoms with van der Waals surface area (Å²) in [6.07, 6.45) is 10.8. The minimum Gasteiger partial charge on any atom is -0.471 e. The van der Waals surface area contributed by atoms with Gasteiger partial charge in [0.2, 0.25) is 0 Å². The van der Waals surface area contributed by atoms with Crippen LogP contribution in [0.25, 0.3) is 0 Å². The van der Waals surface area contributed by atoms with Crippen molar-refractivity contribution in [1.82, 2.24) is 5.32 Å². The molecule has 0 aromatic rings. The van der Waals surface area contributed by atoms with Crippen LogP contribution in [-0.4, -0.2) is 18.3 Å². The molecule has 0 aromatic carbocycles. The van der Waals surface area contributed by atoms with Crippen LogP contribution in [0, 0.1) is 0 Å². The van der Waals surface area contributed by atoms with Gasteiger partial charge in [0.15, 0.2) is 0 Å². The van der Waals surface area contributed by atoms with Crippen molar-refractivity contribution in [2.75, 3.05) is 13.2 Å². The second kappa shape index (κ2) is 12.8. The SMILES string of the molecule is CCCCCCCCCCNC(=S)OCC. The summed E-state index contributed by atoms with van der Waals surface area (Å²) >= 11 is 4.97. The van der Waals surface area contributed by atoms with Crippen LogP contribution in [0.1, 0.15) is 65.2 Å². The zero-order valence-corrected chi connectivity index (χ0v) is 11.7. The normalized spacial score (nSPS) is 10.1. The molecule has 0 heterocycles. The molecule has 0 atom stereocenters. The van der Waals surface area contributed by atoms with Crippen LogP contribution in [0.4, 0.5) is 0 Å². The molecule has 3 heteroatoms. The zero-order chi connectivity index (χ0) is 12.1. The van der Waals surface area contributed by atoms with Crippen molar-refractivity contribution in [2.45, 2.75) is 65.2 Å². The summed E-state index contributed by atoms with van der Waals surface area (Å²) in [5.74, 6) is 0. The molecule has 0 aromatic heterocycles. The molecular formula is C13H27NOS. The van der Waals surface area contributed by atoms with E-state index in [-0.39, 0.29) is 0 Å². The van der Waals surface area contributed by atoms with E-state index in [0.29, 0.717) is 11.8 Å². The smallest absolute Gasteiger partial charge is 0.256 e. The number of hydrogen-bond acceptors (Lipinski definition) is 2. The quantitative estimate of drug-likeness (QED) is 0.463. The Morgan fingerprint density at radius 2 is 1.50 bits per heavy atom. The molecule has 2 nitrogen and oxygen atoms in total. The molecule has 0 fully saturated rings. The highest BCUT2D eigenvalue weighted by atomic mass is 32.1. The second-order valence-corrected chi connectivity index (χ2v) is 4.49. The van der Waals surface area contributed by atoms with Gasteiger partial charge < -0.3 is 10.1 Å². The molecule has 0 aliphatic rings. The van der Waals surface area contributed by atoms with Crippen LogP contribution in [0.15, 0.2) is 0 Å². The molecule has 0 saturated carbocycles. The summed E-state index contributed by atoms with van der Waals surface area (Å²) < 4.78 is 5.13. The molecule has 0 aliphatic carbocycles. The Labute approximate surface area is 106 Å². The molecule has 0 radical (unpaired) electrons. The molecule has 0 amide bonds. The molecule has 0 unspecified atom stereocenters. The molecular weight excluding hydrogens is 218 g/mol. The summed E-state index contributed by atoms with van der Waals surface area (Å²) in [6.45, 7) is 5.81. The first-order chi connectivity index (χ1) is 7.81. The Balaban J connectivity index is 3.01. The van der Waals surface area contributed by atoms with Gasteiger partial charge in [-0.05, 0) is 25.6 Å². The van der Waals surface area contributed by atoms with Crippen LogP contribution in [0.5, 0.6) is 0 Å². The zero-order valence-electron chi connectivity index (χ0n) is 10.9. The van der Waals surface area contributed by atoms with E-state index >= 15 is 0 Å². The van der Waals surface area contributed by atoms with Crippen molar-refractivity contribution < 1.29 is 4.74 Å². The number of nitrogens with one attached hydrogen (secondary N) is 1. The lowest BCUT2D eigenvalue weighted by Crippen LogP contribution is -2.24. The van der Waals surface area contributed by atoms with Crippen LogP contribution in [-0.2, 0) is 4.74 Å². The van der Waals surface area contributed by atoms with E-state index in [4.69, 9.17) is 17.0 Å². The summed E-state index contributed by atoms with van der Waals surface area (Å²) in [5, 5.41) is 3.65. The monoisotopic (exact) mass is 245 g/mol. The van der Waals surface area contributed by atoms with E-state index in [1.807, 2.05) is 6.92 Å². The first-order valence-electron chi connectivity index (χ1n) is 6.71. The fourth-order valence-electron chi connectivity index (χ4n) is 1.63. The molecule has 0 spiro atoms. The van der Waals surface area contributed by atoms with Crippen LogP contribution in [0.3, 0.4) is 0 Å². The van der Waals surface area contributed by atoms with Gasteiger partial charge in [-0.15, -0.1) is 0 Å². The van der Waals surface area contributed by atoms with Gasteiger partial charge in [-0.3, -0.25) is 0 Å². The largest absolute Gasteiger partial charge is 0.471 e. The van der Waals surface area contributed by atoms with Crippen LogP contribution in [0.2, 0.25) is 0 Å². The van der Waals surface area contributed by atoms with Gasteiger partial charge in [-0.25, -0.2) is 0 Å². The number of unbranched alkanes of at least 4 members (excludes halogenated alkanes) is 7. The number of rotatable bonds is 10. The Morgan fingerprint density at radius 3 is 2.06 bits per heavy atom. The van der Waals surface area contributed by atoms with E-state index in [1.54, 1.807) is 0 Å². The summed E-state index contributed by atoms with van der Waals surface area (Å²) in [6, 6.07) is 0. The van der Waals surface area contributed by atoms with Crippen LogP contribution >= 0.6 is 12.2 Å². The van der Waals surface area contributed by atoms with E-state index in [2.05, 4.69) is 12.2 Å². The van der Waals surface area contributed by atoms with Crippen molar-refractivity contribution in [3.8, 4) is 0 Å². The third kappa shape index (κ3) is 11.8. The van der Waals surface area contributed by atoms with Crippen molar-refractivity contribution in [3.05, 3.63) is 0 Å². The number of ether oxygens (including phenoxy) is 1. The average Bonchev–Trinajstić information content (AvgIpc) is 2.27.